The fourth-order valence-electron chi connectivity index (χ4n) is 4.97. The van der Waals surface area contributed by atoms with Gasteiger partial charge in [-0.05, 0) is 42.9 Å². The number of primary amides is 2. The normalized spacial score (nSPS) is 22.9. The molecule has 2 aliphatic rings. The molecule has 0 spiro atoms. The van der Waals surface area contributed by atoms with Crippen molar-refractivity contribution in [3.63, 3.8) is 0 Å². The second-order valence-corrected chi connectivity index (χ2v) is 11.2. The lowest BCUT2D eigenvalue weighted by atomic mass is 9.79. The third-order valence-corrected chi connectivity index (χ3v) is 7.49. The number of ketones is 1. The Morgan fingerprint density at radius 3 is 2.09 bits per heavy atom. The molecule has 6 N–H and O–H groups in total. The minimum absolute atomic E-state index is 0.0855. The Bertz CT molecular complexity index is 876. The van der Waals surface area contributed by atoms with Crippen molar-refractivity contribution in [3.8, 4) is 0 Å². The van der Waals surface area contributed by atoms with E-state index in [1.54, 1.807) is 20.8 Å². The number of hydrogen-bond acceptors (Lipinski definition) is 5. The number of carbonyl (C=O) groups excluding carboxylic acids is 5. The Balaban J connectivity index is 2.38. The van der Waals surface area contributed by atoms with E-state index in [4.69, 9.17) is 11.5 Å². The summed E-state index contributed by atoms with van der Waals surface area (Å²) >= 11 is 0. The van der Waals surface area contributed by atoms with Crippen LogP contribution in [0.3, 0.4) is 0 Å². The van der Waals surface area contributed by atoms with Gasteiger partial charge in [0.05, 0.1) is 6.04 Å². The molecule has 1 saturated carbocycles. The molecule has 0 aromatic rings. The highest BCUT2D eigenvalue weighted by atomic mass is 16.2. The van der Waals surface area contributed by atoms with Gasteiger partial charge in [-0.2, -0.15) is 0 Å². The third-order valence-electron chi connectivity index (χ3n) is 7.49. The first-order chi connectivity index (χ1) is 16.1. The van der Waals surface area contributed by atoms with Gasteiger partial charge in [-0.15, -0.1) is 0 Å². The molecule has 10 heteroatoms. The minimum atomic E-state index is -1.10. The van der Waals surface area contributed by atoms with Gasteiger partial charge in [-0.25, -0.2) is 4.79 Å². The van der Waals surface area contributed by atoms with Crippen LogP contribution in [0.4, 0.5) is 4.79 Å². The van der Waals surface area contributed by atoms with Crippen LogP contribution in [0, 0.1) is 23.2 Å². The largest absolute Gasteiger partial charge is 0.363 e. The van der Waals surface area contributed by atoms with Gasteiger partial charge in [-0.1, -0.05) is 59.1 Å². The smallest absolute Gasteiger partial charge is 0.312 e. The number of nitrogens with one attached hydrogen (secondary N) is 2. The zero-order valence-electron chi connectivity index (χ0n) is 21.6. The second-order valence-electron chi connectivity index (χ2n) is 11.2. The Morgan fingerprint density at radius 1 is 1.06 bits per heavy atom. The van der Waals surface area contributed by atoms with E-state index in [9.17, 15) is 24.0 Å². The van der Waals surface area contributed by atoms with Crippen LogP contribution in [0.1, 0.15) is 66.7 Å². The van der Waals surface area contributed by atoms with E-state index in [1.165, 1.54) is 4.90 Å². The van der Waals surface area contributed by atoms with Crippen molar-refractivity contribution in [2.24, 2.45) is 34.6 Å². The maximum atomic E-state index is 13.7. The molecule has 10 nitrogen and oxygen atoms in total. The molecule has 2 rings (SSSR count). The lowest BCUT2D eigenvalue weighted by Gasteiger charge is -2.37. The Kier molecular flexibility index (Phi) is 9.08. The molecule has 1 aliphatic carbocycles. The molecular weight excluding hydrogens is 450 g/mol. The van der Waals surface area contributed by atoms with Crippen LogP contribution in [0.2, 0.25) is 0 Å². The minimum Gasteiger partial charge on any atom is -0.363 e. The molecule has 2 fully saturated rings. The molecular formula is C25H41N5O5. The fourth-order valence-corrected chi connectivity index (χ4v) is 4.97. The summed E-state index contributed by atoms with van der Waals surface area (Å²) in [5, 5.41) is 5.26. The van der Waals surface area contributed by atoms with Crippen LogP contribution in [-0.2, 0) is 19.2 Å². The van der Waals surface area contributed by atoms with Crippen molar-refractivity contribution in [1.29, 1.82) is 0 Å². The quantitative estimate of drug-likeness (QED) is 0.266. The van der Waals surface area contributed by atoms with Gasteiger partial charge in [0.15, 0.2) is 0 Å². The monoisotopic (exact) mass is 491 g/mol. The Labute approximate surface area is 207 Å². The van der Waals surface area contributed by atoms with Crippen LogP contribution in [0.15, 0.2) is 12.2 Å². The Hall–Kier alpha value is -2.91. The average Bonchev–Trinajstić information content (AvgIpc) is 3.15. The maximum absolute atomic E-state index is 13.7. The molecule has 0 radical (unpaired) electrons. The highest BCUT2D eigenvalue weighted by Crippen LogP contribution is 2.36. The number of hydrogen-bond donors (Lipinski definition) is 4. The fraction of sp³-hybridized carbons (Fsp3) is 0.720. The van der Waals surface area contributed by atoms with Crippen molar-refractivity contribution < 1.29 is 24.0 Å². The number of Topliss-reactive ketones (excluding diaryl/α,β-unsaturated/α-hetero) is 1. The van der Waals surface area contributed by atoms with E-state index in [-0.39, 0.29) is 17.8 Å². The molecule has 0 aromatic heterocycles. The number of likely N-dealkylation sites (tertiary alicyclic amines) is 1. The van der Waals surface area contributed by atoms with Gasteiger partial charge >= 0.3 is 6.03 Å². The first kappa shape index (κ1) is 28.3. The van der Waals surface area contributed by atoms with Crippen LogP contribution < -0.4 is 22.1 Å². The molecule has 1 saturated heterocycles. The number of urea groups is 1. The SMILES string of the molecule is C=C(C)C(C)[C@H]1CCN(C(=O)[C@@H](NC(N)=O)C(C)(C)C)[C@@H]1C(=O)NC(CC1CCC1)C(=O)C(N)=O. The van der Waals surface area contributed by atoms with E-state index in [1.807, 2.05) is 13.8 Å². The van der Waals surface area contributed by atoms with Crippen molar-refractivity contribution in [1.82, 2.24) is 15.5 Å². The van der Waals surface area contributed by atoms with E-state index in [0.29, 0.717) is 19.4 Å². The van der Waals surface area contributed by atoms with Crippen molar-refractivity contribution >= 4 is 29.5 Å². The summed E-state index contributed by atoms with van der Waals surface area (Å²) < 4.78 is 0. The summed E-state index contributed by atoms with van der Waals surface area (Å²) in [7, 11) is 0. The van der Waals surface area contributed by atoms with Gasteiger partial charge < -0.3 is 27.0 Å². The molecule has 2 unspecified atom stereocenters. The highest BCUT2D eigenvalue weighted by molar-refractivity contribution is 6.37. The number of carbonyl (C=O) groups is 5. The van der Waals surface area contributed by atoms with E-state index in [2.05, 4.69) is 17.2 Å². The van der Waals surface area contributed by atoms with Crippen molar-refractivity contribution in [2.45, 2.75) is 84.8 Å². The topological polar surface area (TPSA) is 165 Å². The van der Waals surface area contributed by atoms with E-state index >= 15 is 0 Å². The van der Waals surface area contributed by atoms with Crippen LogP contribution >= 0.6 is 0 Å². The van der Waals surface area contributed by atoms with Gasteiger partial charge in [-0.3, -0.25) is 19.2 Å². The first-order valence-electron chi connectivity index (χ1n) is 12.3. The molecule has 5 amide bonds. The summed E-state index contributed by atoms with van der Waals surface area (Å²) in [5.41, 5.74) is 10.8. The third kappa shape index (κ3) is 6.82. The average molecular weight is 492 g/mol. The summed E-state index contributed by atoms with van der Waals surface area (Å²) in [6, 6.07) is -3.73. The van der Waals surface area contributed by atoms with Crippen molar-refractivity contribution in [3.05, 3.63) is 12.2 Å². The second kappa shape index (κ2) is 11.2. The maximum Gasteiger partial charge on any atom is 0.312 e. The zero-order valence-corrected chi connectivity index (χ0v) is 21.6. The molecule has 1 aliphatic heterocycles. The predicted octanol–water partition coefficient (Wildman–Crippen LogP) is 1.23. The van der Waals surface area contributed by atoms with Gasteiger partial charge in [0, 0.05) is 6.54 Å². The van der Waals surface area contributed by atoms with Crippen LogP contribution in [0.25, 0.3) is 0 Å². The summed E-state index contributed by atoms with van der Waals surface area (Å²) in [6.07, 6.45) is 3.77. The molecule has 196 valence electrons. The number of nitrogens with two attached hydrogens (primary N) is 2. The molecule has 35 heavy (non-hydrogen) atoms. The number of rotatable bonds is 10. The zero-order chi connectivity index (χ0) is 26.7. The molecule has 0 bridgehead atoms. The number of amides is 5. The highest BCUT2D eigenvalue weighted by Gasteiger charge is 2.48. The van der Waals surface area contributed by atoms with Gasteiger partial charge in [0.1, 0.15) is 12.1 Å². The lowest BCUT2D eigenvalue weighted by molar-refractivity contribution is -0.144. The van der Waals surface area contributed by atoms with Crippen LogP contribution in [0.5, 0.6) is 0 Å². The standard InChI is InChI=1S/C25H41N5O5/c1-13(2)14(3)16-10-11-30(23(34)20(25(4,5)6)29-24(27)35)18(16)22(33)28-17(19(31)21(26)32)12-15-8-7-9-15/h14-18,20H,1,7-12H2,2-6H3,(H2,26,32)(H,28,33)(H3,27,29,35)/t14?,16-,17?,18+,20-/m1/s1. The predicted molar refractivity (Wildman–Crippen MR) is 132 cm³/mol. The summed E-state index contributed by atoms with van der Waals surface area (Å²) in [6.45, 7) is 13.5. The Morgan fingerprint density at radius 2 is 1.66 bits per heavy atom. The van der Waals surface area contributed by atoms with Gasteiger partial charge in [0.2, 0.25) is 17.6 Å². The first-order valence-corrected chi connectivity index (χ1v) is 12.3. The van der Waals surface area contributed by atoms with E-state index < -0.39 is 53.1 Å². The number of nitrogens with zero attached hydrogens (tertiary/aromatic N) is 1. The molecule has 0 aromatic carbocycles. The van der Waals surface area contributed by atoms with Gasteiger partial charge in [0.25, 0.3) is 5.91 Å². The molecule has 5 atom stereocenters. The lowest BCUT2D eigenvalue weighted by Crippen LogP contribution is -2.60. The van der Waals surface area contributed by atoms with Crippen molar-refractivity contribution in [2.75, 3.05) is 6.54 Å². The van der Waals surface area contributed by atoms with E-state index in [0.717, 1.165) is 24.8 Å². The molecule has 1 heterocycles. The summed E-state index contributed by atoms with van der Waals surface area (Å²) in [4.78, 5) is 64.6. The van der Waals surface area contributed by atoms with Crippen LogP contribution in [-0.4, -0.2) is 59.1 Å². The summed E-state index contributed by atoms with van der Waals surface area (Å²) in [5.74, 6) is -2.98. The number of allylic oxidation sites excluding steroid dienone is 1.